The van der Waals surface area contributed by atoms with Gasteiger partial charge in [0.25, 0.3) is 0 Å². The summed E-state index contributed by atoms with van der Waals surface area (Å²) >= 11 is 0. The van der Waals surface area contributed by atoms with Gasteiger partial charge in [0.05, 0.1) is 6.61 Å². The number of hydrogen-bond acceptors (Lipinski definition) is 2. The smallest absolute Gasteiger partial charge is 0.0705 e. The highest BCUT2D eigenvalue weighted by Gasteiger charge is 2.08. The van der Waals surface area contributed by atoms with Gasteiger partial charge in [0.2, 0.25) is 0 Å². The first kappa shape index (κ1) is 10.7. The van der Waals surface area contributed by atoms with Crippen molar-refractivity contribution in [3.63, 3.8) is 0 Å². The molecule has 1 unspecified atom stereocenters. The number of hydrogen-bond donors (Lipinski definition) is 1. The molecule has 76 valence electrons. The van der Waals surface area contributed by atoms with Crippen LogP contribution in [0.4, 0.5) is 0 Å². The van der Waals surface area contributed by atoms with Gasteiger partial charge in [-0.1, -0.05) is 26.0 Å². The third kappa shape index (κ3) is 5.06. The maximum Gasteiger partial charge on any atom is 0.0705 e. The average Bonchev–Trinajstić information content (AvgIpc) is 2.14. The van der Waals surface area contributed by atoms with Crippen LogP contribution in [0, 0.1) is 11.8 Å². The van der Waals surface area contributed by atoms with Gasteiger partial charge in [-0.25, -0.2) is 5.48 Å². The predicted octanol–water partition coefficient (Wildman–Crippen LogP) is 2.52. The van der Waals surface area contributed by atoms with Crippen molar-refractivity contribution in [2.45, 2.75) is 33.1 Å². The fourth-order valence-corrected chi connectivity index (χ4v) is 1.44. The molecule has 2 heteroatoms. The van der Waals surface area contributed by atoms with E-state index in [1.165, 1.54) is 19.3 Å². The van der Waals surface area contributed by atoms with Gasteiger partial charge >= 0.3 is 0 Å². The summed E-state index contributed by atoms with van der Waals surface area (Å²) in [4.78, 5) is 5.32. The van der Waals surface area contributed by atoms with Crippen LogP contribution in [0.5, 0.6) is 0 Å². The predicted molar refractivity (Wildman–Crippen MR) is 55.3 cm³/mol. The van der Waals surface area contributed by atoms with Crippen LogP contribution in [-0.4, -0.2) is 13.2 Å². The summed E-state index contributed by atoms with van der Waals surface area (Å²) in [6.45, 7) is 6.12. The lowest BCUT2D eigenvalue weighted by atomic mass is 9.95. The van der Waals surface area contributed by atoms with Crippen molar-refractivity contribution in [3.8, 4) is 0 Å². The van der Waals surface area contributed by atoms with Gasteiger partial charge in [0.1, 0.15) is 0 Å². The van der Waals surface area contributed by atoms with Crippen LogP contribution in [0.3, 0.4) is 0 Å². The Morgan fingerprint density at radius 3 is 2.92 bits per heavy atom. The minimum absolute atomic E-state index is 0.610. The van der Waals surface area contributed by atoms with Crippen molar-refractivity contribution in [2.24, 2.45) is 11.8 Å². The summed E-state index contributed by atoms with van der Waals surface area (Å²) in [5, 5.41) is 0. The Morgan fingerprint density at radius 2 is 2.31 bits per heavy atom. The Kier molecular flexibility index (Phi) is 5.09. The Bertz CT molecular complexity index is 154. The largest absolute Gasteiger partial charge is 0.302 e. The van der Waals surface area contributed by atoms with Crippen molar-refractivity contribution in [1.82, 2.24) is 5.48 Å². The second-order valence-corrected chi connectivity index (χ2v) is 4.20. The molecule has 0 saturated heterocycles. The van der Waals surface area contributed by atoms with Crippen LogP contribution in [0.2, 0.25) is 0 Å². The third-order valence-electron chi connectivity index (χ3n) is 2.27. The van der Waals surface area contributed by atoms with Crippen LogP contribution in [0.1, 0.15) is 33.1 Å². The van der Waals surface area contributed by atoms with Gasteiger partial charge in [-0.2, -0.15) is 0 Å². The molecule has 1 aliphatic rings. The Balaban J connectivity index is 1.96. The zero-order valence-electron chi connectivity index (χ0n) is 8.75. The summed E-state index contributed by atoms with van der Waals surface area (Å²) < 4.78 is 0. The highest BCUT2D eigenvalue weighted by molar-refractivity contribution is 4.90. The fraction of sp³-hybridized carbons (Fsp3) is 0.818. The van der Waals surface area contributed by atoms with Crippen LogP contribution in [0.25, 0.3) is 0 Å². The molecule has 2 nitrogen and oxygen atoms in total. The number of hydroxylamine groups is 1. The molecule has 1 atom stereocenters. The Hall–Kier alpha value is -0.340. The van der Waals surface area contributed by atoms with Crippen LogP contribution >= 0.6 is 0 Å². The van der Waals surface area contributed by atoms with Crippen molar-refractivity contribution < 1.29 is 4.84 Å². The summed E-state index contributed by atoms with van der Waals surface area (Å²) in [5.41, 5.74) is 3.05. The molecule has 0 saturated carbocycles. The van der Waals surface area contributed by atoms with Gasteiger partial charge in [-0.05, 0) is 31.1 Å². The SMILES string of the molecule is CC(C)CONCC1CC=CCC1. The van der Waals surface area contributed by atoms with Crippen LogP contribution in [0.15, 0.2) is 12.2 Å². The highest BCUT2D eigenvalue weighted by Crippen LogP contribution is 2.16. The summed E-state index contributed by atoms with van der Waals surface area (Å²) in [5.74, 6) is 1.39. The average molecular weight is 183 g/mol. The van der Waals surface area contributed by atoms with Crippen LogP contribution in [-0.2, 0) is 4.84 Å². The fourth-order valence-electron chi connectivity index (χ4n) is 1.44. The van der Waals surface area contributed by atoms with E-state index in [0.29, 0.717) is 5.92 Å². The van der Waals surface area contributed by atoms with Gasteiger partial charge in [0, 0.05) is 6.54 Å². The lowest BCUT2D eigenvalue weighted by Gasteiger charge is -2.18. The van der Waals surface area contributed by atoms with Crippen molar-refractivity contribution in [1.29, 1.82) is 0 Å². The van der Waals surface area contributed by atoms with E-state index >= 15 is 0 Å². The molecule has 0 amide bonds. The van der Waals surface area contributed by atoms with E-state index < -0.39 is 0 Å². The van der Waals surface area contributed by atoms with Crippen molar-refractivity contribution in [3.05, 3.63) is 12.2 Å². The molecule has 0 heterocycles. The quantitative estimate of drug-likeness (QED) is 0.402. The second kappa shape index (κ2) is 6.17. The highest BCUT2D eigenvalue weighted by atomic mass is 16.6. The first-order valence-electron chi connectivity index (χ1n) is 5.28. The summed E-state index contributed by atoms with van der Waals surface area (Å²) in [6.07, 6.45) is 8.28. The zero-order chi connectivity index (χ0) is 9.52. The van der Waals surface area contributed by atoms with E-state index in [4.69, 9.17) is 4.84 Å². The van der Waals surface area contributed by atoms with E-state index in [-0.39, 0.29) is 0 Å². The molecule has 0 bridgehead atoms. The van der Waals surface area contributed by atoms with E-state index in [0.717, 1.165) is 19.1 Å². The Morgan fingerprint density at radius 1 is 1.46 bits per heavy atom. The lowest BCUT2D eigenvalue weighted by Crippen LogP contribution is -2.25. The molecule has 0 fully saturated rings. The monoisotopic (exact) mass is 183 g/mol. The molecular weight excluding hydrogens is 162 g/mol. The lowest BCUT2D eigenvalue weighted by molar-refractivity contribution is 0.0154. The maximum absolute atomic E-state index is 5.32. The molecule has 1 rings (SSSR count). The molecule has 0 aliphatic heterocycles. The first-order valence-corrected chi connectivity index (χ1v) is 5.28. The van der Waals surface area contributed by atoms with E-state index in [2.05, 4.69) is 31.5 Å². The number of allylic oxidation sites excluding steroid dienone is 2. The van der Waals surface area contributed by atoms with Gasteiger partial charge in [-0.3, -0.25) is 0 Å². The molecule has 0 aromatic heterocycles. The topological polar surface area (TPSA) is 21.3 Å². The van der Waals surface area contributed by atoms with E-state index in [9.17, 15) is 0 Å². The van der Waals surface area contributed by atoms with Crippen molar-refractivity contribution in [2.75, 3.05) is 13.2 Å². The molecule has 0 aromatic rings. The molecule has 13 heavy (non-hydrogen) atoms. The van der Waals surface area contributed by atoms with Gasteiger partial charge in [-0.15, -0.1) is 0 Å². The molecule has 0 radical (unpaired) electrons. The maximum atomic E-state index is 5.32. The van der Waals surface area contributed by atoms with E-state index in [1.54, 1.807) is 0 Å². The Labute approximate surface area is 81.3 Å². The molecule has 1 aliphatic carbocycles. The molecule has 1 N–H and O–H groups in total. The number of rotatable bonds is 5. The van der Waals surface area contributed by atoms with E-state index in [1.807, 2.05) is 0 Å². The van der Waals surface area contributed by atoms with Crippen molar-refractivity contribution >= 4 is 0 Å². The van der Waals surface area contributed by atoms with Gasteiger partial charge in [0.15, 0.2) is 0 Å². The summed E-state index contributed by atoms with van der Waals surface area (Å²) in [6, 6.07) is 0. The minimum atomic E-state index is 0.610. The molecule has 0 spiro atoms. The second-order valence-electron chi connectivity index (χ2n) is 4.20. The minimum Gasteiger partial charge on any atom is -0.302 e. The standard InChI is InChI=1S/C11H21NO/c1-10(2)9-13-12-8-11-6-4-3-5-7-11/h3-4,10-12H,5-9H2,1-2H3. The normalized spacial score (nSPS) is 22.5. The molecule has 0 aromatic carbocycles. The number of nitrogens with one attached hydrogen (secondary N) is 1. The first-order chi connectivity index (χ1) is 6.29. The zero-order valence-corrected chi connectivity index (χ0v) is 8.75. The molecular formula is C11H21NO. The van der Waals surface area contributed by atoms with Crippen LogP contribution < -0.4 is 5.48 Å². The third-order valence-corrected chi connectivity index (χ3v) is 2.27. The summed E-state index contributed by atoms with van der Waals surface area (Å²) in [7, 11) is 0. The van der Waals surface area contributed by atoms with Gasteiger partial charge < -0.3 is 4.84 Å².